The molecule has 0 aromatic heterocycles. The third-order valence-electron chi connectivity index (χ3n) is 4.34. The van der Waals surface area contributed by atoms with Crippen LogP contribution >= 0.6 is 11.8 Å². The van der Waals surface area contributed by atoms with Crippen molar-refractivity contribution in [3.8, 4) is 5.75 Å². The molecule has 0 aliphatic carbocycles. The molecule has 1 unspecified atom stereocenters. The Kier molecular flexibility index (Phi) is 6.04. The van der Waals surface area contributed by atoms with E-state index in [1.54, 1.807) is 0 Å². The summed E-state index contributed by atoms with van der Waals surface area (Å²) in [5.74, 6) is 0.328. The van der Waals surface area contributed by atoms with Gasteiger partial charge in [0.05, 0.1) is 29.7 Å². The summed E-state index contributed by atoms with van der Waals surface area (Å²) in [6.07, 6.45) is 1.82. The van der Waals surface area contributed by atoms with Crippen molar-refractivity contribution in [3.05, 3.63) is 34.7 Å². The van der Waals surface area contributed by atoms with E-state index in [0.717, 1.165) is 24.2 Å². The van der Waals surface area contributed by atoms with Crippen LogP contribution in [0.15, 0.2) is 29.2 Å². The monoisotopic (exact) mass is 375 g/mol. The Morgan fingerprint density at radius 1 is 1.23 bits per heavy atom. The van der Waals surface area contributed by atoms with Crippen LogP contribution in [0, 0.1) is 0 Å². The van der Waals surface area contributed by atoms with Gasteiger partial charge in [0.1, 0.15) is 5.75 Å². The molecule has 1 aromatic carbocycles. The number of rotatable bonds is 7. The first-order chi connectivity index (χ1) is 12.5. The van der Waals surface area contributed by atoms with Gasteiger partial charge in [0.15, 0.2) is 0 Å². The van der Waals surface area contributed by atoms with E-state index < -0.39 is 0 Å². The van der Waals surface area contributed by atoms with Gasteiger partial charge in [-0.15, -0.1) is 11.8 Å². The van der Waals surface area contributed by atoms with Gasteiger partial charge in [-0.25, -0.2) is 0 Å². The quantitative estimate of drug-likeness (QED) is 0.683. The number of hydrogen-bond acceptors (Lipinski definition) is 5. The van der Waals surface area contributed by atoms with Crippen molar-refractivity contribution in [2.45, 2.75) is 45.0 Å². The van der Waals surface area contributed by atoms with E-state index in [1.165, 1.54) is 16.7 Å². The third-order valence-corrected chi connectivity index (χ3v) is 5.43. The number of nitrogens with zero attached hydrogens (tertiary/aromatic N) is 1. The number of carbonyl (C=O) groups excluding carboxylic acids is 2. The molecule has 26 heavy (non-hydrogen) atoms. The second-order valence-corrected chi connectivity index (χ2v) is 8.27. The zero-order valence-electron chi connectivity index (χ0n) is 15.5. The maximum Gasteiger partial charge on any atom is 0.268 e. The second kappa shape index (κ2) is 8.27. The lowest BCUT2D eigenvalue weighted by atomic mass is 10.1. The summed E-state index contributed by atoms with van der Waals surface area (Å²) in [5, 5.41) is 0.210. The van der Waals surface area contributed by atoms with Gasteiger partial charge in [-0.05, 0) is 37.5 Å². The SMILES string of the molecule is CCOc1ccc(C2=C(SC(C)C)C(=O)N(CC3CCCO3)C2=O)cc1. The van der Waals surface area contributed by atoms with E-state index in [-0.39, 0.29) is 23.2 Å². The molecule has 0 spiro atoms. The zero-order valence-corrected chi connectivity index (χ0v) is 16.3. The zero-order chi connectivity index (χ0) is 18.7. The van der Waals surface area contributed by atoms with Gasteiger partial charge in [0.25, 0.3) is 11.8 Å². The number of benzene rings is 1. The van der Waals surface area contributed by atoms with Crippen LogP contribution in [-0.4, -0.2) is 47.8 Å². The number of thioether (sulfide) groups is 1. The van der Waals surface area contributed by atoms with Crippen LogP contribution < -0.4 is 4.74 Å². The molecule has 0 saturated carbocycles. The molecule has 2 amide bonds. The summed E-state index contributed by atoms with van der Waals surface area (Å²) in [5.41, 5.74) is 1.25. The van der Waals surface area contributed by atoms with Gasteiger partial charge in [0, 0.05) is 11.9 Å². The minimum absolute atomic E-state index is 0.0483. The molecule has 2 aliphatic rings. The number of ether oxygens (including phenoxy) is 2. The maximum absolute atomic E-state index is 13.1. The van der Waals surface area contributed by atoms with Gasteiger partial charge in [-0.3, -0.25) is 14.5 Å². The van der Waals surface area contributed by atoms with Crippen molar-refractivity contribution < 1.29 is 19.1 Å². The topological polar surface area (TPSA) is 55.8 Å². The van der Waals surface area contributed by atoms with Crippen molar-refractivity contribution in [1.82, 2.24) is 4.90 Å². The molecule has 0 N–H and O–H groups in total. The van der Waals surface area contributed by atoms with Crippen molar-refractivity contribution in [1.29, 1.82) is 0 Å². The van der Waals surface area contributed by atoms with Crippen LogP contribution in [0.2, 0.25) is 0 Å². The van der Waals surface area contributed by atoms with E-state index in [2.05, 4.69) is 0 Å². The van der Waals surface area contributed by atoms with Crippen LogP contribution in [0.3, 0.4) is 0 Å². The van der Waals surface area contributed by atoms with E-state index in [1.807, 2.05) is 45.0 Å². The van der Waals surface area contributed by atoms with Crippen LogP contribution in [-0.2, 0) is 14.3 Å². The predicted molar refractivity (Wildman–Crippen MR) is 103 cm³/mol. The lowest BCUT2D eigenvalue weighted by Gasteiger charge is -2.19. The highest BCUT2D eigenvalue weighted by molar-refractivity contribution is 8.04. The van der Waals surface area contributed by atoms with E-state index in [9.17, 15) is 9.59 Å². The van der Waals surface area contributed by atoms with Crippen LogP contribution in [0.25, 0.3) is 5.57 Å². The van der Waals surface area contributed by atoms with Gasteiger partial charge in [0.2, 0.25) is 0 Å². The molecule has 5 nitrogen and oxygen atoms in total. The van der Waals surface area contributed by atoms with Gasteiger partial charge in [-0.1, -0.05) is 26.0 Å². The molecular formula is C20H25NO4S. The highest BCUT2D eigenvalue weighted by Crippen LogP contribution is 2.38. The Morgan fingerprint density at radius 2 is 1.96 bits per heavy atom. The van der Waals surface area contributed by atoms with Gasteiger partial charge in [-0.2, -0.15) is 0 Å². The van der Waals surface area contributed by atoms with E-state index in [0.29, 0.717) is 30.2 Å². The fraction of sp³-hybridized carbons (Fsp3) is 0.500. The highest BCUT2D eigenvalue weighted by atomic mass is 32.2. The first-order valence-electron chi connectivity index (χ1n) is 9.13. The smallest absolute Gasteiger partial charge is 0.268 e. The largest absolute Gasteiger partial charge is 0.494 e. The summed E-state index contributed by atoms with van der Waals surface area (Å²) in [6, 6.07) is 7.37. The normalized spacial score (nSPS) is 20.6. The molecule has 6 heteroatoms. The Balaban J connectivity index is 1.90. The minimum atomic E-state index is -0.224. The molecule has 0 bridgehead atoms. The number of hydrogen-bond donors (Lipinski definition) is 0. The lowest BCUT2D eigenvalue weighted by molar-refractivity contribution is -0.138. The first-order valence-corrected chi connectivity index (χ1v) is 10.0. The third kappa shape index (κ3) is 3.96. The molecule has 140 valence electrons. The predicted octanol–water partition coefficient (Wildman–Crippen LogP) is 3.49. The Labute approximate surface area is 158 Å². The highest BCUT2D eigenvalue weighted by Gasteiger charge is 2.40. The lowest BCUT2D eigenvalue weighted by Crippen LogP contribution is -2.37. The number of carbonyl (C=O) groups is 2. The molecule has 2 heterocycles. The average Bonchev–Trinajstić information content (AvgIpc) is 3.19. The number of imide groups is 1. The molecular weight excluding hydrogens is 350 g/mol. The molecule has 3 rings (SSSR count). The Bertz CT molecular complexity index is 705. The second-order valence-electron chi connectivity index (χ2n) is 6.68. The van der Waals surface area contributed by atoms with Crippen molar-refractivity contribution >= 4 is 29.1 Å². The minimum Gasteiger partial charge on any atom is -0.494 e. The van der Waals surface area contributed by atoms with E-state index in [4.69, 9.17) is 9.47 Å². The Morgan fingerprint density at radius 3 is 2.54 bits per heavy atom. The summed E-state index contributed by atoms with van der Waals surface area (Å²) < 4.78 is 11.1. The van der Waals surface area contributed by atoms with Crippen LogP contribution in [0.5, 0.6) is 5.75 Å². The summed E-state index contributed by atoms with van der Waals surface area (Å²) in [7, 11) is 0. The van der Waals surface area contributed by atoms with Crippen LogP contribution in [0.4, 0.5) is 0 Å². The molecule has 1 atom stereocenters. The first kappa shape index (κ1) is 19.0. The molecule has 1 aromatic rings. The van der Waals surface area contributed by atoms with Gasteiger partial charge < -0.3 is 9.47 Å². The van der Waals surface area contributed by atoms with Crippen molar-refractivity contribution in [3.63, 3.8) is 0 Å². The van der Waals surface area contributed by atoms with E-state index >= 15 is 0 Å². The molecule has 1 saturated heterocycles. The summed E-state index contributed by atoms with van der Waals surface area (Å²) in [4.78, 5) is 27.9. The summed E-state index contributed by atoms with van der Waals surface area (Å²) in [6.45, 7) is 7.59. The fourth-order valence-electron chi connectivity index (χ4n) is 3.20. The maximum atomic E-state index is 13.1. The Hall–Kier alpha value is -1.79. The average molecular weight is 375 g/mol. The van der Waals surface area contributed by atoms with Gasteiger partial charge >= 0.3 is 0 Å². The van der Waals surface area contributed by atoms with Crippen molar-refractivity contribution in [2.75, 3.05) is 19.8 Å². The van der Waals surface area contributed by atoms with Crippen LogP contribution in [0.1, 0.15) is 39.2 Å². The molecule has 2 aliphatic heterocycles. The molecule has 0 radical (unpaired) electrons. The fourth-order valence-corrected chi connectivity index (χ4v) is 4.20. The number of amides is 2. The summed E-state index contributed by atoms with van der Waals surface area (Å²) >= 11 is 1.45. The standard InChI is InChI=1S/C20H25NO4S/c1-4-24-15-9-7-14(8-10-15)17-18(26-13(2)3)20(23)21(19(17)22)12-16-6-5-11-25-16/h7-10,13,16H,4-6,11-12H2,1-3H3. The van der Waals surface area contributed by atoms with Crippen molar-refractivity contribution in [2.24, 2.45) is 0 Å². The molecule has 1 fully saturated rings.